The number of aromatic nitrogens is 2. The first-order valence-electron chi connectivity index (χ1n) is 11.4. The number of fused-ring (bicyclic) bond motifs is 1. The molecule has 0 radical (unpaired) electrons. The number of benzene rings is 2. The molecule has 15 heteroatoms. The smallest absolute Gasteiger partial charge is 0.332 e. The maximum atomic E-state index is 13.6. The van der Waals surface area contributed by atoms with Crippen molar-refractivity contribution in [2.75, 3.05) is 44.7 Å². The lowest BCUT2D eigenvalue weighted by atomic mass is 9.93. The van der Waals surface area contributed by atoms with Crippen LogP contribution in [0, 0.1) is 0 Å². The molecule has 1 aliphatic rings. The number of nitrogens with one attached hydrogen (secondary N) is 2. The van der Waals surface area contributed by atoms with Crippen LogP contribution < -0.4 is 20.7 Å². The summed E-state index contributed by atoms with van der Waals surface area (Å²) in [5.41, 5.74) is 3.37. The van der Waals surface area contributed by atoms with Crippen molar-refractivity contribution in [3.05, 3.63) is 52.7 Å². The minimum Gasteiger partial charge on any atom is -0.495 e. The van der Waals surface area contributed by atoms with Gasteiger partial charge < -0.3 is 19.9 Å². The van der Waals surface area contributed by atoms with Gasteiger partial charge in [-0.25, -0.2) is 4.98 Å². The summed E-state index contributed by atoms with van der Waals surface area (Å²) in [6.45, 7) is 6.02. The van der Waals surface area contributed by atoms with E-state index in [1.54, 1.807) is 7.11 Å². The Labute approximate surface area is 245 Å². The molecule has 2 N–H and O–H groups in total. The van der Waals surface area contributed by atoms with Crippen molar-refractivity contribution < 1.29 is 21.6 Å². The van der Waals surface area contributed by atoms with Gasteiger partial charge in [-0.1, -0.05) is 11.6 Å². The molecule has 2 heterocycles. The molecule has 0 aliphatic carbocycles. The van der Waals surface area contributed by atoms with E-state index in [0.29, 0.717) is 11.4 Å². The SMILES string of the molecule is COc1cc2c(cc1Nc1ncc(Cl)c(Nc3ccc(S(=O)(=O)F)cc3P(C)(C)=O)n1)C(C)N(C)CC2.Cl.Cl. The second kappa shape index (κ2) is 12.6. The Morgan fingerprint density at radius 3 is 2.46 bits per heavy atom. The van der Waals surface area contributed by atoms with Gasteiger partial charge in [-0.05, 0) is 75.2 Å². The molecule has 0 bridgehead atoms. The summed E-state index contributed by atoms with van der Waals surface area (Å²) >= 11 is 6.34. The molecule has 0 fully saturated rings. The van der Waals surface area contributed by atoms with Gasteiger partial charge in [0.05, 0.1) is 29.6 Å². The molecular formula is C24H30Cl3FN5O4PS. The van der Waals surface area contributed by atoms with Gasteiger partial charge in [0.2, 0.25) is 5.95 Å². The lowest BCUT2D eigenvalue weighted by molar-refractivity contribution is 0.247. The third-order valence-corrected chi connectivity index (χ3v) is 9.00. The molecule has 214 valence electrons. The highest BCUT2D eigenvalue weighted by Crippen LogP contribution is 2.40. The normalized spacial score (nSPS) is 15.4. The number of rotatable bonds is 7. The Morgan fingerprint density at radius 2 is 1.85 bits per heavy atom. The number of ether oxygens (including phenoxy) is 1. The third-order valence-electron chi connectivity index (χ3n) is 6.38. The summed E-state index contributed by atoms with van der Waals surface area (Å²) in [6.07, 6.45) is 2.32. The number of methoxy groups -OCH3 is 1. The standard InChI is InChI=1S/C24H28ClFN5O4PS.2ClH/c1-14-17-12-20(21(35-3)10-15(17)8-9-31(14)2)29-24-27-13-18(25)23(30-24)28-19-7-6-16(37(26,33)34)11-22(19)36(4,5)32;;/h6-7,10-14H,8-9H2,1-5H3,(H2,27,28,29,30);2*1H. The Kier molecular flexibility index (Phi) is 10.7. The molecule has 2 aromatic carbocycles. The van der Waals surface area contributed by atoms with Crippen molar-refractivity contribution in [3.8, 4) is 5.75 Å². The number of anilines is 4. The zero-order valence-corrected chi connectivity index (χ0v) is 26.0. The van der Waals surface area contributed by atoms with E-state index in [-0.39, 0.29) is 58.6 Å². The molecule has 39 heavy (non-hydrogen) atoms. The summed E-state index contributed by atoms with van der Waals surface area (Å²) in [7, 11) is -4.31. The van der Waals surface area contributed by atoms with Gasteiger partial charge in [0.15, 0.2) is 5.82 Å². The first-order valence-corrected chi connectivity index (χ1v) is 15.8. The fourth-order valence-electron chi connectivity index (χ4n) is 4.22. The zero-order valence-electron chi connectivity index (χ0n) is 21.9. The number of hydrogen-bond acceptors (Lipinski definition) is 9. The Morgan fingerprint density at radius 1 is 1.15 bits per heavy atom. The van der Waals surface area contributed by atoms with Gasteiger partial charge in [0.1, 0.15) is 17.9 Å². The number of nitrogens with zero attached hydrogens (tertiary/aromatic N) is 3. The quantitative estimate of drug-likeness (QED) is 0.240. The Bertz CT molecular complexity index is 1520. The lowest BCUT2D eigenvalue weighted by Crippen LogP contribution is -2.30. The van der Waals surface area contributed by atoms with Crippen molar-refractivity contribution in [3.63, 3.8) is 0 Å². The van der Waals surface area contributed by atoms with Crippen LogP contribution in [0.2, 0.25) is 5.02 Å². The molecule has 0 spiro atoms. The van der Waals surface area contributed by atoms with Gasteiger partial charge in [-0.3, -0.25) is 4.90 Å². The number of halogens is 4. The van der Waals surface area contributed by atoms with Crippen LogP contribution in [0.1, 0.15) is 24.1 Å². The minimum atomic E-state index is -4.97. The largest absolute Gasteiger partial charge is 0.495 e. The molecule has 4 rings (SSSR count). The molecule has 3 aromatic rings. The van der Waals surface area contributed by atoms with E-state index in [4.69, 9.17) is 16.3 Å². The highest BCUT2D eigenvalue weighted by atomic mass is 35.5. The average molecular weight is 641 g/mol. The average Bonchev–Trinajstić information content (AvgIpc) is 2.82. The lowest BCUT2D eigenvalue weighted by Gasteiger charge is -2.33. The predicted octanol–water partition coefficient (Wildman–Crippen LogP) is 5.92. The number of likely N-dealkylation sites (N-methyl/N-ethyl adjacent to an activating group) is 1. The Hall–Kier alpha value is -2.14. The van der Waals surface area contributed by atoms with E-state index in [0.717, 1.165) is 25.1 Å². The van der Waals surface area contributed by atoms with E-state index in [9.17, 15) is 16.9 Å². The second-order valence-corrected chi connectivity index (χ2v) is 14.2. The van der Waals surface area contributed by atoms with Crippen LogP contribution in [-0.4, -0.2) is 57.3 Å². The van der Waals surface area contributed by atoms with Crippen molar-refractivity contribution in [1.82, 2.24) is 14.9 Å². The number of hydrogen-bond donors (Lipinski definition) is 2. The van der Waals surface area contributed by atoms with Crippen LogP contribution >= 0.6 is 43.6 Å². The monoisotopic (exact) mass is 639 g/mol. The van der Waals surface area contributed by atoms with E-state index < -0.39 is 22.3 Å². The molecule has 1 atom stereocenters. The van der Waals surface area contributed by atoms with Crippen molar-refractivity contribution in [2.45, 2.75) is 24.3 Å². The van der Waals surface area contributed by atoms with Gasteiger partial charge >= 0.3 is 10.2 Å². The van der Waals surface area contributed by atoms with E-state index in [1.165, 1.54) is 36.7 Å². The van der Waals surface area contributed by atoms with Crippen molar-refractivity contribution in [2.24, 2.45) is 0 Å². The summed E-state index contributed by atoms with van der Waals surface area (Å²) in [4.78, 5) is 10.4. The minimum absolute atomic E-state index is 0. The van der Waals surface area contributed by atoms with Crippen LogP contribution in [-0.2, 0) is 21.2 Å². The molecule has 0 saturated carbocycles. The van der Waals surface area contributed by atoms with Gasteiger partial charge in [0.25, 0.3) is 0 Å². The molecule has 1 aliphatic heterocycles. The maximum Gasteiger partial charge on any atom is 0.332 e. The fourth-order valence-corrected chi connectivity index (χ4v) is 6.09. The molecule has 1 unspecified atom stereocenters. The second-order valence-electron chi connectivity index (χ2n) is 9.27. The topological polar surface area (TPSA) is 114 Å². The van der Waals surface area contributed by atoms with Crippen molar-refractivity contribution >= 4 is 82.2 Å². The molecule has 9 nitrogen and oxygen atoms in total. The summed E-state index contributed by atoms with van der Waals surface area (Å²) in [5, 5.41) is 6.50. The molecule has 0 amide bonds. The van der Waals surface area contributed by atoms with Crippen LogP contribution in [0.3, 0.4) is 0 Å². The summed E-state index contributed by atoms with van der Waals surface area (Å²) in [6, 6.07) is 7.75. The van der Waals surface area contributed by atoms with Crippen LogP contribution in [0.25, 0.3) is 0 Å². The van der Waals surface area contributed by atoms with Crippen LogP contribution in [0.15, 0.2) is 41.4 Å². The Balaban J connectivity index is 0.00000267. The molecular weight excluding hydrogens is 611 g/mol. The van der Waals surface area contributed by atoms with Gasteiger partial charge in [-0.15, -0.1) is 28.7 Å². The highest BCUT2D eigenvalue weighted by Gasteiger charge is 2.24. The predicted molar refractivity (Wildman–Crippen MR) is 160 cm³/mol. The van der Waals surface area contributed by atoms with E-state index >= 15 is 0 Å². The van der Waals surface area contributed by atoms with Crippen molar-refractivity contribution in [1.29, 1.82) is 0 Å². The maximum absolute atomic E-state index is 13.6. The van der Waals surface area contributed by atoms with Crippen LogP contribution in [0.5, 0.6) is 5.75 Å². The van der Waals surface area contributed by atoms with E-state index in [2.05, 4.69) is 39.5 Å². The van der Waals surface area contributed by atoms with E-state index in [1.807, 2.05) is 12.1 Å². The van der Waals surface area contributed by atoms with Gasteiger partial charge in [-0.2, -0.15) is 13.4 Å². The zero-order chi connectivity index (χ0) is 27.1. The third kappa shape index (κ3) is 7.34. The molecule has 0 saturated heterocycles. The summed E-state index contributed by atoms with van der Waals surface area (Å²) in [5.74, 6) is 1.06. The van der Waals surface area contributed by atoms with Gasteiger partial charge in [0, 0.05) is 17.9 Å². The first kappa shape index (κ1) is 33.1. The molecule has 1 aromatic heterocycles. The van der Waals surface area contributed by atoms with Crippen LogP contribution in [0.4, 0.5) is 27.0 Å². The fraction of sp³-hybridized carbons (Fsp3) is 0.333. The summed E-state index contributed by atoms with van der Waals surface area (Å²) < 4.78 is 54.9. The first-order chi connectivity index (χ1) is 17.3. The highest BCUT2D eigenvalue weighted by molar-refractivity contribution is 7.86.